The maximum absolute atomic E-state index is 6.24. The summed E-state index contributed by atoms with van der Waals surface area (Å²) >= 11 is 11.2. The summed E-state index contributed by atoms with van der Waals surface area (Å²) in [5.74, 6) is 0.894. The second kappa shape index (κ2) is 6.04. The maximum atomic E-state index is 6.24. The lowest BCUT2D eigenvalue weighted by Crippen LogP contribution is -2.09. The quantitative estimate of drug-likeness (QED) is 0.864. The third kappa shape index (κ3) is 3.20. The highest BCUT2D eigenvalue weighted by Crippen LogP contribution is 2.27. The molecule has 3 rings (SSSR count). The zero-order chi connectivity index (χ0) is 14.8. The Hall–Kier alpha value is -1.58. The van der Waals surface area contributed by atoms with Crippen molar-refractivity contribution in [2.75, 3.05) is 0 Å². The van der Waals surface area contributed by atoms with Crippen LogP contribution in [-0.2, 0) is 19.4 Å². The largest absolute Gasteiger partial charge is 0.489 e. The van der Waals surface area contributed by atoms with Crippen LogP contribution >= 0.6 is 23.8 Å². The van der Waals surface area contributed by atoms with E-state index in [0.717, 1.165) is 23.3 Å². The number of aryl methyl sites for hydroxylation is 2. The number of rotatable bonds is 4. The van der Waals surface area contributed by atoms with Crippen molar-refractivity contribution in [3.8, 4) is 5.75 Å². The van der Waals surface area contributed by atoms with Crippen LogP contribution in [0.5, 0.6) is 5.75 Å². The predicted octanol–water partition coefficient (Wildman–Crippen LogP) is 4.04. The van der Waals surface area contributed by atoms with Crippen molar-refractivity contribution in [2.24, 2.45) is 5.73 Å². The molecule has 0 spiro atoms. The molecule has 21 heavy (non-hydrogen) atoms. The highest BCUT2D eigenvalue weighted by Gasteiger charge is 2.11. The van der Waals surface area contributed by atoms with Crippen LogP contribution in [-0.4, -0.2) is 4.99 Å². The molecule has 2 N–H and O–H groups in total. The van der Waals surface area contributed by atoms with Crippen LogP contribution in [0.25, 0.3) is 0 Å². The molecule has 2 nitrogen and oxygen atoms in total. The van der Waals surface area contributed by atoms with Gasteiger partial charge in [-0.1, -0.05) is 42.0 Å². The normalized spacial score (nSPS) is 13.0. The fraction of sp³-hybridized carbons (Fsp3) is 0.235. The first-order chi connectivity index (χ1) is 10.1. The van der Waals surface area contributed by atoms with Gasteiger partial charge in [-0.15, -0.1) is 0 Å². The van der Waals surface area contributed by atoms with E-state index in [1.165, 1.54) is 24.0 Å². The van der Waals surface area contributed by atoms with E-state index in [0.29, 0.717) is 16.6 Å². The van der Waals surface area contributed by atoms with Crippen LogP contribution in [0.4, 0.5) is 0 Å². The van der Waals surface area contributed by atoms with Crippen molar-refractivity contribution in [1.29, 1.82) is 0 Å². The van der Waals surface area contributed by atoms with Gasteiger partial charge >= 0.3 is 0 Å². The van der Waals surface area contributed by atoms with Crippen molar-refractivity contribution >= 4 is 28.8 Å². The monoisotopic (exact) mass is 317 g/mol. The molecule has 0 amide bonds. The number of nitrogens with two attached hydrogens (primary N) is 1. The Morgan fingerprint density at radius 2 is 1.95 bits per heavy atom. The topological polar surface area (TPSA) is 35.2 Å². The van der Waals surface area contributed by atoms with Gasteiger partial charge in [0.05, 0.1) is 0 Å². The van der Waals surface area contributed by atoms with Gasteiger partial charge in [0.1, 0.15) is 17.3 Å². The van der Waals surface area contributed by atoms with E-state index < -0.39 is 0 Å². The second-order valence-electron chi connectivity index (χ2n) is 5.24. The molecule has 1 aliphatic rings. The Labute approximate surface area is 134 Å². The van der Waals surface area contributed by atoms with Crippen LogP contribution in [0.15, 0.2) is 36.4 Å². The summed E-state index contributed by atoms with van der Waals surface area (Å²) in [6, 6.07) is 11.9. The van der Waals surface area contributed by atoms with Crippen LogP contribution < -0.4 is 10.5 Å². The molecule has 0 fully saturated rings. The smallest absolute Gasteiger partial charge is 0.120 e. The van der Waals surface area contributed by atoms with Gasteiger partial charge in [-0.25, -0.2) is 0 Å². The number of ether oxygens (including phenoxy) is 1. The molecule has 1 aliphatic carbocycles. The molecule has 2 aromatic carbocycles. The third-order valence-electron chi connectivity index (χ3n) is 3.80. The molecule has 108 valence electrons. The Morgan fingerprint density at radius 3 is 2.71 bits per heavy atom. The number of hydrogen-bond donors (Lipinski definition) is 1. The van der Waals surface area contributed by atoms with E-state index in [2.05, 4.69) is 12.1 Å². The first-order valence-electron chi connectivity index (χ1n) is 6.96. The van der Waals surface area contributed by atoms with Gasteiger partial charge in [0, 0.05) is 16.1 Å². The molecule has 0 saturated heterocycles. The van der Waals surface area contributed by atoms with Crippen molar-refractivity contribution in [1.82, 2.24) is 0 Å². The van der Waals surface area contributed by atoms with Gasteiger partial charge < -0.3 is 10.5 Å². The summed E-state index contributed by atoms with van der Waals surface area (Å²) in [5, 5.41) is 0.626. The molecule has 0 aliphatic heterocycles. The average Bonchev–Trinajstić information content (AvgIpc) is 2.93. The van der Waals surface area contributed by atoms with Crippen molar-refractivity contribution in [3.63, 3.8) is 0 Å². The van der Waals surface area contributed by atoms with E-state index in [9.17, 15) is 0 Å². The summed E-state index contributed by atoms with van der Waals surface area (Å²) in [4.78, 5) is 0.350. The lowest BCUT2D eigenvalue weighted by atomic mass is 10.1. The number of fused-ring (bicyclic) bond motifs is 1. The molecule has 0 radical (unpaired) electrons. The minimum absolute atomic E-state index is 0.350. The molecular weight excluding hydrogens is 302 g/mol. The Morgan fingerprint density at radius 1 is 1.14 bits per heavy atom. The molecule has 0 atom stereocenters. The van der Waals surface area contributed by atoms with Crippen LogP contribution in [0.1, 0.15) is 28.7 Å². The van der Waals surface area contributed by atoms with Gasteiger partial charge in [-0.3, -0.25) is 0 Å². The summed E-state index contributed by atoms with van der Waals surface area (Å²) in [7, 11) is 0. The van der Waals surface area contributed by atoms with Crippen LogP contribution in [0.3, 0.4) is 0 Å². The minimum atomic E-state index is 0.350. The molecule has 2 aromatic rings. The lowest BCUT2D eigenvalue weighted by Gasteiger charge is -2.10. The van der Waals surface area contributed by atoms with Crippen LogP contribution in [0.2, 0.25) is 5.02 Å². The third-order valence-corrected chi connectivity index (χ3v) is 4.39. The van der Waals surface area contributed by atoms with Crippen LogP contribution in [0, 0.1) is 0 Å². The highest BCUT2D eigenvalue weighted by molar-refractivity contribution is 7.80. The van der Waals surface area contributed by atoms with E-state index in [1.54, 1.807) is 6.07 Å². The molecule has 0 unspecified atom stereocenters. The van der Waals surface area contributed by atoms with Crippen molar-refractivity contribution in [3.05, 3.63) is 63.7 Å². The summed E-state index contributed by atoms with van der Waals surface area (Å²) in [5.41, 5.74) is 10.1. The van der Waals surface area contributed by atoms with E-state index >= 15 is 0 Å². The first kappa shape index (κ1) is 14.4. The first-order valence-corrected chi connectivity index (χ1v) is 7.75. The molecule has 0 heterocycles. The van der Waals surface area contributed by atoms with Gasteiger partial charge in [-0.05, 0) is 48.6 Å². The van der Waals surface area contributed by atoms with E-state index in [1.807, 2.05) is 18.2 Å². The predicted molar refractivity (Wildman–Crippen MR) is 90.1 cm³/mol. The minimum Gasteiger partial charge on any atom is -0.489 e. The molecule has 4 heteroatoms. The lowest BCUT2D eigenvalue weighted by molar-refractivity contribution is 0.306. The summed E-state index contributed by atoms with van der Waals surface area (Å²) in [6.45, 7) is 0.440. The van der Waals surface area contributed by atoms with Gasteiger partial charge in [0.25, 0.3) is 0 Å². The zero-order valence-electron chi connectivity index (χ0n) is 11.6. The molecule has 0 bridgehead atoms. The van der Waals surface area contributed by atoms with Crippen molar-refractivity contribution in [2.45, 2.75) is 25.9 Å². The standard InChI is InChI=1S/C17H16ClNOS/c18-16-9-13(17(19)21)4-5-14(16)10-20-15-7-6-11-2-1-3-12(11)8-15/h4-9H,1-3,10H2,(H2,19,21). The fourth-order valence-corrected chi connectivity index (χ4v) is 2.98. The highest BCUT2D eigenvalue weighted by atomic mass is 35.5. The average molecular weight is 318 g/mol. The molecule has 0 aromatic heterocycles. The van der Waals surface area contributed by atoms with Gasteiger partial charge in [-0.2, -0.15) is 0 Å². The summed E-state index contributed by atoms with van der Waals surface area (Å²) < 4.78 is 5.85. The van der Waals surface area contributed by atoms with E-state index in [4.69, 9.17) is 34.3 Å². The zero-order valence-corrected chi connectivity index (χ0v) is 13.1. The van der Waals surface area contributed by atoms with Gasteiger partial charge in [0.2, 0.25) is 0 Å². The fourth-order valence-electron chi connectivity index (χ4n) is 2.62. The Balaban J connectivity index is 1.71. The number of thiocarbonyl (C=S) groups is 1. The maximum Gasteiger partial charge on any atom is 0.120 e. The molecule has 0 saturated carbocycles. The number of benzene rings is 2. The Kier molecular flexibility index (Phi) is 4.13. The number of halogens is 1. The SMILES string of the molecule is NC(=S)c1ccc(COc2ccc3c(c2)CCC3)c(Cl)c1. The van der Waals surface area contributed by atoms with Gasteiger partial charge in [0.15, 0.2) is 0 Å². The second-order valence-corrected chi connectivity index (χ2v) is 6.09. The van der Waals surface area contributed by atoms with E-state index in [-0.39, 0.29) is 0 Å². The van der Waals surface area contributed by atoms with Crippen molar-refractivity contribution < 1.29 is 4.74 Å². The number of hydrogen-bond acceptors (Lipinski definition) is 2. The Bertz CT molecular complexity index is 699. The summed E-state index contributed by atoms with van der Waals surface area (Å²) in [6.07, 6.45) is 3.57. The molecular formula is C17H16ClNOS.